The lowest BCUT2D eigenvalue weighted by Gasteiger charge is -2.22. The van der Waals surface area contributed by atoms with Crippen molar-refractivity contribution in [1.82, 2.24) is 0 Å². The first-order valence-electron chi connectivity index (χ1n) is 8.63. The van der Waals surface area contributed by atoms with E-state index in [2.05, 4.69) is 5.32 Å². The van der Waals surface area contributed by atoms with Crippen LogP contribution in [0.1, 0.15) is 35.7 Å². The Morgan fingerprint density at radius 1 is 0.926 bits per heavy atom. The second-order valence-corrected chi connectivity index (χ2v) is 6.36. The van der Waals surface area contributed by atoms with Crippen molar-refractivity contribution in [2.45, 2.75) is 19.8 Å². The van der Waals surface area contributed by atoms with Crippen LogP contribution in [0.25, 0.3) is 0 Å². The van der Waals surface area contributed by atoms with Crippen LogP contribution in [0, 0.1) is 5.92 Å². The molecule has 1 amide bonds. The molecule has 144 valence electrons. The molecule has 27 heavy (non-hydrogen) atoms. The van der Waals surface area contributed by atoms with E-state index in [0.29, 0.717) is 22.7 Å². The van der Waals surface area contributed by atoms with Crippen LogP contribution in [-0.4, -0.2) is 33.2 Å². The van der Waals surface area contributed by atoms with Crippen molar-refractivity contribution in [2.24, 2.45) is 5.92 Å². The molecule has 6 nitrogen and oxygen atoms in total. The predicted molar refractivity (Wildman–Crippen MR) is 104 cm³/mol. The molecule has 1 N–H and O–H groups in total. The van der Waals surface area contributed by atoms with E-state index in [1.54, 1.807) is 50.6 Å². The Hall–Kier alpha value is -3.02. The number of hydrogen-bond acceptors (Lipinski definition) is 5. The summed E-state index contributed by atoms with van der Waals surface area (Å²) in [7, 11) is 4.42. The molecule has 0 saturated heterocycles. The Morgan fingerprint density at radius 3 is 2.19 bits per heavy atom. The third-order valence-electron chi connectivity index (χ3n) is 4.31. The molecule has 0 saturated carbocycles. The van der Waals surface area contributed by atoms with Crippen LogP contribution in [0.15, 0.2) is 42.5 Å². The smallest absolute Gasteiger partial charge is 0.339 e. The van der Waals surface area contributed by atoms with E-state index in [-0.39, 0.29) is 11.8 Å². The molecule has 0 aliphatic heterocycles. The number of anilines is 1. The molecule has 0 spiro atoms. The highest BCUT2D eigenvalue weighted by molar-refractivity contribution is 6.03. The zero-order chi connectivity index (χ0) is 20.0. The van der Waals surface area contributed by atoms with Gasteiger partial charge in [-0.15, -0.1) is 0 Å². The van der Waals surface area contributed by atoms with Crippen LogP contribution in [0.4, 0.5) is 5.69 Å². The van der Waals surface area contributed by atoms with Gasteiger partial charge in [0.15, 0.2) is 11.5 Å². The van der Waals surface area contributed by atoms with E-state index >= 15 is 0 Å². The summed E-state index contributed by atoms with van der Waals surface area (Å²) >= 11 is 0. The molecule has 0 aliphatic rings. The van der Waals surface area contributed by atoms with Gasteiger partial charge in [-0.1, -0.05) is 32.0 Å². The van der Waals surface area contributed by atoms with Gasteiger partial charge in [-0.2, -0.15) is 0 Å². The third-order valence-corrected chi connectivity index (χ3v) is 4.31. The van der Waals surface area contributed by atoms with Crippen molar-refractivity contribution < 1.29 is 23.8 Å². The lowest BCUT2D eigenvalue weighted by atomic mass is 9.87. The number of benzene rings is 2. The van der Waals surface area contributed by atoms with Crippen molar-refractivity contribution in [3.63, 3.8) is 0 Å². The molecular weight excluding hydrogens is 346 g/mol. The summed E-state index contributed by atoms with van der Waals surface area (Å²) in [5.41, 5.74) is 1.53. The van der Waals surface area contributed by atoms with Crippen molar-refractivity contribution in [1.29, 1.82) is 0 Å². The number of nitrogens with one attached hydrogen (secondary N) is 1. The van der Waals surface area contributed by atoms with E-state index in [0.717, 1.165) is 5.56 Å². The van der Waals surface area contributed by atoms with E-state index in [9.17, 15) is 9.59 Å². The van der Waals surface area contributed by atoms with Gasteiger partial charge in [0.05, 0.1) is 38.5 Å². The van der Waals surface area contributed by atoms with Gasteiger partial charge in [-0.25, -0.2) is 4.79 Å². The summed E-state index contributed by atoms with van der Waals surface area (Å²) in [4.78, 5) is 25.0. The first-order valence-corrected chi connectivity index (χ1v) is 8.63. The molecular formula is C21H25NO5. The summed E-state index contributed by atoms with van der Waals surface area (Å²) < 4.78 is 15.4. The largest absolute Gasteiger partial charge is 0.493 e. The van der Waals surface area contributed by atoms with Crippen molar-refractivity contribution >= 4 is 17.6 Å². The minimum atomic E-state index is -0.502. The summed E-state index contributed by atoms with van der Waals surface area (Å²) in [6, 6.07) is 12.2. The van der Waals surface area contributed by atoms with Crippen LogP contribution in [-0.2, 0) is 9.53 Å². The number of para-hydroxylation sites is 1. The number of rotatable bonds is 7. The van der Waals surface area contributed by atoms with Crippen molar-refractivity contribution in [3.05, 3.63) is 53.6 Å². The molecule has 0 bridgehead atoms. The maximum atomic E-state index is 13.0. The fraction of sp³-hybridized carbons (Fsp3) is 0.333. The van der Waals surface area contributed by atoms with Gasteiger partial charge in [0.2, 0.25) is 5.91 Å². The zero-order valence-corrected chi connectivity index (χ0v) is 16.2. The summed E-state index contributed by atoms with van der Waals surface area (Å²) in [5.74, 6) is 0.0270. The SMILES string of the molecule is COC(=O)c1ccccc1NC(=O)C(c1ccc(OC)c(OC)c1)C(C)C. The number of carbonyl (C=O) groups is 2. The summed E-state index contributed by atoms with van der Waals surface area (Å²) in [6.45, 7) is 3.93. The highest BCUT2D eigenvalue weighted by Crippen LogP contribution is 2.34. The molecule has 2 aromatic rings. The van der Waals surface area contributed by atoms with Crippen LogP contribution < -0.4 is 14.8 Å². The highest BCUT2D eigenvalue weighted by Gasteiger charge is 2.26. The number of esters is 1. The molecule has 6 heteroatoms. The lowest BCUT2D eigenvalue weighted by molar-refractivity contribution is -0.118. The van der Waals surface area contributed by atoms with Gasteiger partial charge in [-0.3, -0.25) is 4.79 Å². The fourth-order valence-corrected chi connectivity index (χ4v) is 2.98. The molecule has 1 unspecified atom stereocenters. The highest BCUT2D eigenvalue weighted by atomic mass is 16.5. The molecule has 2 aromatic carbocycles. The Kier molecular flexibility index (Phi) is 6.82. The molecule has 0 heterocycles. The fourth-order valence-electron chi connectivity index (χ4n) is 2.98. The molecule has 0 aliphatic carbocycles. The summed E-state index contributed by atoms with van der Waals surface area (Å²) in [6.07, 6.45) is 0. The van der Waals surface area contributed by atoms with Crippen LogP contribution in [0.3, 0.4) is 0 Å². The third kappa shape index (κ3) is 4.58. The summed E-state index contributed by atoms with van der Waals surface area (Å²) in [5, 5.41) is 2.86. The monoisotopic (exact) mass is 371 g/mol. The number of carbonyl (C=O) groups excluding carboxylic acids is 2. The second-order valence-electron chi connectivity index (χ2n) is 6.36. The van der Waals surface area contributed by atoms with E-state index in [1.165, 1.54) is 7.11 Å². The lowest BCUT2D eigenvalue weighted by Crippen LogP contribution is -2.26. The van der Waals surface area contributed by atoms with Gasteiger partial charge in [-0.05, 0) is 35.7 Å². The number of amides is 1. The maximum Gasteiger partial charge on any atom is 0.339 e. The van der Waals surface area contributed by atoms with Gasteiger partial charge >= 0.3 is 5.97 Å². The van der Waals surface area contributed by atoms with Gasteiger partial charge in [0.25, 0.3) is 0 Å². The zero-order valence-electron chi connectivity index (χ0n) is 16.2. The minimum absolute atomic E-state index is 0.0217. The van der Waals surface area contributed by atoms with Crippen molar-refractivity contribution in [2.75, 3.05) is 26.6 Å². The minimum Gasteiger partial charge on any atom is -0.493 e. The first kappa shape index (κ1) is 20.3. The Labute approximate surface area is 159 Å². The Bertz CT molecular complexity index is 816. The van der Waals surface area contributed by atoms with E-state index in [4.69, 9.17) is 14.2 Å². The molecule has 0 fully saturated rings. The van der Waals surface area contributed by atoms with Crippen molar-refractivity contribution in [3.8, 4) is 11.5 Å². The Morgan fingerprint density at radius 2 is 1.59 bits per heavy atom. The molecule has 1 atom stereocenters. The van der Waals surface area contributed by atoms with Crippen LogP contribution in [0.2, 0.25) is 0 Å². The van der Waals surface area contributed by atoms with Gasteiger partial charge in [0.1, 0.15) is 0 Å². The normalized spacial score (nSPS) is 11.6. The standard InChI is InChI=1S/C21H25NO5/c1-13(2)19(14-10-11-17(25-3)18(12-14)26-4)20(23)22-16-9-7-6-8-15(16)21(24)27-5/h6-13,19H,1-5H3,(H,22,23). The van der Waals surface area contributed by atoms with Crippen LogP contribution >= 0.6 is 0 Å². The quantitative estimate of drug-likeness (QED) is 0.748. The average molecular weight is 371 g/mol. The van der Waals surface area contributed by atoms with Gasteiger partial charge < -0.3 is 19.5 Å². The predicted octanol–water partition coefficient (Wildman–Crippen LogP) is 3.87. The topological polar surface area (TPSA) is 73.9 Å². The molecule has 0 radical (unpaired) electrons. The number of methoxy groups -OCH3 is 3. The average Bonchev–Trinajstić information content (AvgIpc) is 2.67. The maximum absolute atomic E-state index is 13.0. The van der Waals surface area contributed by atoms with Gasteiger partial charge in [0, 0.05) is 0 Å². The van der Waals surface area contributed by atoms with E-state index in [1.807, 2.05) is 19.9 Å². The van der Waals surface area contributed by atoms with E-state index < -0.39 is 11.9 Å². The number of ether oxygens (including phenoxy) is 3. The molecule has 2 rings (SSSR count). The molecule has 0 aromatic heterocycles. The van der Waals surface area contributed by atoms with Crippen LogP contribution in [0.5, 0.6) is 11.5 Å². The second kappa shape index (κ2) is 9.07. The first-order chi connectivity index (χ1) is 12.9. The number of hydrogen-bond donors (Lipinski definition) is 1. The Balaban J connectivity index is 2.36.